The van der Waals surface area contributed by atoms with Crippen LogP contribution >= 0.6 is 0 Å². The molecule has 0 atom stereocenters. The molecule has 1 amide bonds. The van der Waals surface area contributed by atoms with Crippen LogP contribution in [0.1, 0.15) is 36.8 Å². The van der Waals surface area contributed by atoms with Crippen molar-refractivity contribution >= 4 is 11.9 Å². The highest BCUT2D eigenvalue weighted by Crippen LogP contribution is 2.17. The molecule has 0 saturated heterocycles. The Morgan fingerprint density at radius 2 is 1.85 bits per heavy atom. The van der Waals surface area contributed by atoms with Crippen molar-refractivity contribution in [3.8, 4) is 0 Å². The predicted octanol–water partition coefficient (Wildman–Crippen LogP) is 2.14. The number of hydrogen-bond acceptors (Lipinski definition) is 3. The van der Waals surface area contributed by atoms with E-state index in [1.165, 1.54) is 0 Å². The van der Waals surface area contributed by atoms with Gasteiger partial charge in [0.15, 0.2) is 6.61 Å². The van der Waals surface area contributed by atoms with E-state index in [0.29, 0.717) is 0 Å². The lowest BCUT2D eigenvalue weighted by molar-refractivity contribution is -0.148. The quantitative estimate of drug-likeness (QED) is 0.838. The number of amides is 1. The van der Waals surface area contributed by atoms with Gasteiger partial charge in [-0.05, 0) is 25.3 Å². The number of ether oxygens (including phenoxy) is 1. The van der Waals surface area contributed by atoms with Gasteiger partial charge in [-0.1, -0.05) is 42.7 Å². The molecule has 0 aliphatic heterocycles. The summed E-state index contributed by atoms with van der Waals surface area (Å²) in [5.41, 5.74) is 2.05. The smallest absolute Gasteiger partial charge is 0.310 e. The fraction of sp³-hybridized carbons (Fsp3) is 0.500. The normalized spacial score (nSPS) is 15.1. The molecule has 1 N–H and O–H groups in total. The summed E-state index contributed by atoms with van der Waals surface area (Å²) in [6.07, 6.45) is 4.60. The van der Waals surface area contributed by atoms with Gasteiger partial charge in [0.2, 0.25) is 0 Å². The van der Waals surface area contributed by atoms with Gasteiger partial charge in [0.05, 0.1) is 6.42 Å². The molecule has 4 nitrogen and oxygen atoms in total. The number of rotatable bonds is 5. The number of carbonyl (C=O) groups is 2. The number of benzene rings is 1. The second-order valence-electron chi connectivity index (χ2n) is 5.37. The SMILES string of the molecule is Cc1ccc(CC(=O)OCC(=O)NC2CCCC2)cc1. The lowest BCUT2D eigenvalue weighted by Gasteiger charge is -2.11. The van der Waals surface area contributed by atoms with Crippen molar-refractivity contribution in [1.82, 2.24) is 5.32 Å². The summed E-state index contributed by atoms with van der Waals surface area (Å²) in [5.74, 6) is -0.565. The van der Waals surface area contributed by atoms with Gasteiger partial charge in [0.1, 0.15) is 0 Å². The van der Waals surface area contributed by atoms with Crippen molar-refractivity contribution < 1.29 is 14.3 Å². The van der Waals surface area contributed by atoms with E-state index in [9.17, 15) is 9.59 Å². The molecule has 20 heavy (non-hydrogen) atoms. The largest absolute Gasteiger partial charge is 0.455 e. The van der Waals surface area contributed by atoms with Crippen molar-refractivity contribution in [3.05, 3.63) is 35.4 Å². The van der Waals surface area contributed by atoms with E-state index in [2.05, 4.69) is 5.32 Å². The Hall–Kier alpha value is -1.84. The molecule has 108 valence electrons. The summed E-state index contributed by atoms with van der Waals surface area (Å²) in [4.78, 5) is 23.2. The molecule has 1 aromatic carbocycles. The molecular formula is C16H21NO3. The molecule has 0 heterocycles. The molecule has 1 fully saturated rings. The molecule has 0 radical (unpaired) electrons. The lowest BCUT2D eigenvalue weighted by atomic mass is 10.1. The maximum absolute atomic E-state index is 11.6. The zero-order valence-corrected chi connectivity index (χ0v) is 11.9. The van der Waals surface area contributed by atoms with E-state index in [-0.39, 0.29) is 30.9 Å². The zero-order chi connectivity index (χ0) is 14.4. The molecule has 1 aliphatic carbocycles. The van der Waals surface area contributed by atoms with Crippen LogP contribution in [0.5, 0.6) is 0 Å². The minimum absolute atomic E-state index is 0.179. The molecule has 0 aromatic heterocycles. The summed E-state index contributed by atoms with van der Waals surface area (Å²) in [7, 11) is 0. The molecule has 0 spiro atoms. The first-order chi connectivity index (χ1) is 9.63. The van der Waals surface area contributed by atoms with E-state index < -0.39 is 0 Å². The van der Waals surface area contributed by atoms with Crippen LogP contribution in [0, 0.1) is 6.92 Å². The number of hydrogen-bond donors (Lipinski definition) is 1. The molecule has 0 unspecified atom stereocenters. The van der Waals surface area contributed by atoms with Gasteiger partial charge >= 0.3 is 5.97 Å². The summed E-state index contributed by atoms with van der Waals surface area (Å²) >= 11 is 0. The van der Waals surface area contributed by atoms with Crippen LogP contribution in [0.3, 0.4) is 0 Å². The maximum atomic E-state index is 11.6. The van der Waals surface area contributed by atoms with Crippen LogP contribution in [-0.4, -0.2) is 24.5 Å². The predicted molar refractivity (Wildman–Crippen MR) is 76.2 cm³/mol. The Morgan fingerprint density at radius 3 is 2.50 bits per heavy atom. The zero-order valence-electron chi connectivity index (χ0n) is 11.9. The van der Waals surface area contributed by atoms with E-state index >= 15 is 0 Å². The van der Waals surface area contributed by atoms with Crippen molar-refractivity contribution in [3.63, 3.8) is 0 Å². The number of carbonyl (C=O) groups excluding carboxylic acids is 2. The maximum Gasteiger partial charge on any atom is 0.310 e. The average molecular weight is 275 g/mol. The highest BCUT2D eigenvalue weighted by Gasteiger charge is 2.17. The molecule has 1 aromatic rings. The van der Waals surface area contributed by atoms with E-state index in [4.69, 9.17) is 4.74 Å². The first-order valence-corrected chi connectivity index (χ1v) is 7.14. The minimum Gasteiger partial charge on any atom is -0.455 e. The Kier molecular flexibility index (Phi) is 5.16. The molecule has 0 bridgehead atoms. The highest BCUT2D eigenvalue weighted by molar-refractivity contribution is 5.81. The number of esters is 1. The van der Waals surface area contributed by atoms with Gasteiger partial charge in [-0.25, -0.2) is 0 Å². The molecule has 1 saturated carbocycles. The van der Waals surface area contributed by atoms with Crippen LogP contribution in [0.2, 0.25) is 0 Å². The Balaban J connectivity index is 1.69. The van der Waals surface area contributed by atoms with Crippen LogP contribution in [-0.2, 0) is 20.7 Å². The first kappa shape index (κ1) is 14.6. The van der Waals surface area contributed by atoms with E-state index in [1.54, 1.807) is 0 Å². The first-order valence-electron chi connectivity index (χ1n) is 7.14. The van der Waals surface area contributed by atoms with E-state index in [0.717, 1.165) is 36.8 Å². The van der Waals surface area contributed by atoms with Crippen molar-refractivity contribution in [2.75, 3.05) is 6.61 Å². The van der Waals surface area contributed by atoms with Crippen LogP contribution in [0.25, 0.3) is 0 Å². The Labute approximate surface area is 119 Å². The number of aryl methyl sites for hydroxylation is 1. The minimum atomic E-state index is -0.365. The average Bonchev–Trinajstić information content (AvgIpc) is 2.92. The van der Waals surface area contributed by atoms with Gasteiger partial charge < -0.3 is 10.1 Å². The van der Waals surface area contributed by atoms with Gasteiger partial charge in [-0.3, -0.25) is 9.59 Å². The van der Waals surface area contributed by atoms with Crippen molar-refractivity contribution in [2.45, 2.75) is 45.1 Å². The van der Waals surface area contributed by atoms with Gasteiger partial charge in [-0.2, -0.15) is 0 Å². The monoisotopic (exact) mass is 275 g/mol. The topological polar surface area (TPSA) is 55.4 Å². The third kappa shape index (κ3) is 4.68. The van der Waals surface area contributed by atoms with Gasteiger partial charge in [0, 0.05) is 6.04 Å². The van der Waals surface area contributed by atoms with Crippen LogP contribution in [0.15, 0.2) is 24.3 Å². The van der Waals surface area contributed by atoms with Crippen molar-refractivity contribution in [1.29, 1.82) is 0 Å². The van der Waals surface area contributed by atoms with Crippen LogP contribution < -0.4 is 5.32 Å². The molecule has 4 heteroatoms. The van der Waals surface area contributed by atoms with E-state index in [1.807, 2.05) is 31.2 Å². The molecular weight excluding hydrogens is 254 g/mol. The Morgan fingerprint density at radius 1 is 1.20 bits per heavy atom. The summed E-state index contributed by atoms with van der Waals surface area (Å²) in [5, 5.41) is 2.89. The molecule has 1 aliphatic rings. The number of nitrogens with one attached hydrogen (secondary N) is 1. The summed E-state index contributed by atoms with van der Waals surface area (Å²) in [6.45, 7) is 1.82. The molecule has 2 rings (SSSR count). The van der Waals surface area contributed by atoms with Crippen molar-refractivity contribution in [2.24, 2.45) is 0 Å². The standard InChI is InChI=1S/C16H21NO3/c1-12-6-8-13(9-7-12)10-16(19)20-11-15(18)17-14-4-2-3-5-14/h6-9,14H,2-5,10-11H2,1H3,(H,17,18). The second kappa shape index (κ2) is 7.08. The second-order valence-corrected chi connectivity index (χ2v) is 5.37. The van der Waals surface area contributed by atoms with Gasteiger partial charge in [0.25, 0.3) is 5.91 Å². The fourth-order valence-electron chi connectivity index (χ4n) is 2.41. The summed E-state index contributed by atoms with van der Waals surface area (Å²) < 4.78 is 5.00. The van der Waals surface area contributed by atoms with Gasteiger partial charge in [-0.15, -0.1) is 0 Å². The third-order valence-corrected chi connectivity index (χ3v) is 3.55. The lowest BCUT2D eigenvalue weighted by Crippen LogP contribution is -2.36. The fourth-order valence-corrected chi connectivity index (χ4v) is 2.41. The summed E-state index contributed by atoms with van der Waals surface area (Å²) in [6, 6.07) is 7.97. The highest BCUT2D eigenvalue weighted by atomic mass is 16.5. The third-order valence-electron chi connectivity index (χ3n) is 3.55. The Bertz CT molecular complexity index is 461. The van der Waals surface area contributed by atoms with Crippen LogP contribution in [0.4, 0.5) is 0 Å².